The van der Waals surface area contributed by atoms with Gasteiger partial charge in [0.05, 0.1) is 13.7 Å². The molecule has 20 heavy (non-hydrogen) atoms. The Labute approximate surface area is 119 Å². The third kappa shape index (κ3) is 3.99. The maximum absolute atomic E-state index is 5.87. The Hall–Kier alpha value is -2.01. The molecule has 0 saturated heterocycles. The van der Waals surface area contributed by atoms with Crippen molar-refractivity contribution in [2.24, 2.45) is 5.73 Å². The van der Waals surface area contributed by atoms with Gasteiger partial charge in [-0.2, -0.15) is 5.10 Å². The Kier molecular flexibility index (Phi) is 5.01. The third-order valence-corrected chi connectivity index (χ3v) is 2.95. The molecule has 5 nitrogen and oxygen atoms in total. The molecule has 0 spiro atoms. The average molecular weight is 275 g/mol. The van der Waals surface area contributed by atoms with Crippen LogP contribution in [0.2, 0.25) is 0 Å². The molecule has 0 bridgehead atoms. The molecule has 1 heterocycles. The molecule has 0 amide bonds. The molecule has 2 N–H and O–H groups in total. The quantitative estimate of drug-likeness (QED) is 0.838. The van der Waals surface area contributed by atoms with Gasteiger partial charge in [0.2, 0.25) is 0 Å². The lowest BCUT2D eigenvalue weighted by molar-refractivity contribution is 0.286. The Balaban J connectivity index is 2.02. The lowest BCUT2D eigenvalue weighted by Gasteiger charge is -2.14. The van der Waals surface area contributed by atoms with E-state index in [0.29, 0.717) is 13.2 Å². The van der Waals surface area contributed by atoms with Gasteiger partial charge in [-0.1, -0.05) is 6.07 Å². The standard InChI is InChI=1S/C15H21N3O2/c1-12(16)10-13-4-5-14(19-2)11-15(13)20-9-8-18-7-3-6-17-18/h3-7,11-12H,8-10,16H2,1-2H3. The zero-order valence-electron chi connectivity index (χ0n) is 12.0. The first-order chi connectivity index (χ1) is 9.69. The average Bonchev–Trinajstić information content (AvgIpc) is 2.93. The van der Waals surface area contributed by atoms with Crippen LogP contribution in [-0.4, -0.2) is 29.5 Å². The Morgan fingerprint density at radius 1 is 1.40 bits per heavy atom. The van der Waals surface area contributed by atoms with Gasteiger partial charge >= 0.3 is 0 Å². The number of methoxy groups -OCH3 is 1. The fourth-order valence-electron chi connectivity index (χ4n) is 1.99. The van der Waals surface area contributed by atoms with Gasteiger partial charge in [-0.05, 0) is 31.0 Å². The summed E-state index contributed by atoms with van der Waals surface area (Å²) >= 11 is 0. The minimum Gasteiger partial charge on any atom is -0.497 e. The minimum atomic E-state index is 0.0943. The second kappa shape index (κ2) is 6.96. The first-order valence-electron chi connectivity index (χ1n) is 6.71. The number of hydrogen-bond acceptors (Lipinski definition) is 4. The van der Waals surface area contributed by atoms with Gasteiger partial charge in [-0.15, -0.1) is 0 Å². The van der Waals surface area contributed by atoms with Crippen LogP contribution in [0.5, 0.6) is 11.5 Å². The van der Waals surface area contributed by atoms with E-state index in [4.69, 9.17) is 15.2 Å². The van der Waals surface area contributed by atoms with Gasteiger partial charge < -0.3 is 15.2 Å². The Morgan fingerprint density at radius 3 is 2.90 bits per heavy atom. The molecule has 2 rings (SSSR count). The Morgan fingerprint density at radius 2 is 2.25 bits per heavy atom. The molecular formula is C15H21N3O2. The van der Waals surface area contributed by atoms with Crippen molar-refractivity contribution in [1.82, 2.24) is 9.78 Å². The number of rotatable bonds is 7. The van der Waals surface area contributed by atoms with Crippen molar-refractivity contribution >= 4 is 0 Å². The highest BCUT2D eigenvalue weighted by Gasteiger charge is 2.08. The van der Waals surface area contributed by atoms with E-state index in [1.54, 1.807) is 13.3 Å². The summed E-state index contributed by atoms with van der Waals surface area (Å²) in [5.41, 5.74) is 6.97. The van der Waals surface area contributed by atoms with Crippen molar-refractivity contribution in [3.63, 3.8) is 0 Å². The minimum absolute atomic E-state index is 0.0943. The molecule has 1 aromatic heterocycles. The number of benzene rings is 1. The highest BCUT2D eigenvalue weighted by Crippen LogP contribution is 2.25. The summed E-state index contributed by atoms with van der Waals surface area (Å²) in [4.78, 5) is 0. The van der Waals surface area contributed by atoms with E-state index < -0.39 is 0 Å². The smallest absolute Gasteiger partial charge is 0.126 e. The highest BCUT2D eigenvalue weighted by molar-refractivity contribution is 5.41. The van der Waals surface area contributed by atoms with Crippen LogP contribution < -0.4 is 15.2 Å². The van der Waals surface area contributed by atoms with Gasteiger partial charge in [0.15, 0.2) is 0 Å². The van der Waals surface area contributed by atoms with Gasteiger partial charge in [-0.3, -0.25) is 4.68 Å². The first kappa shape index (κ1) is 14.4. The Bertz CT molecular complexity index is 524. The molecule has 1 atom stereocenters. The summed E-state index contributed by atoms with van der Waals surface area (Å²) in [6, 6.07) is 7.83. The molecule has 0 saturated carbocycles. The SMILES string of the molecule is COc1ccc(CC(C)N)c(OCCn2cccn2)c1. The second-order valence-corrected chi connectivity index (χ2v) is 4.77. The number of aromatic nitrogens is 2. The van der Waals surface area contributed by atoms with E-state index in [1.165, 1.54) is 0 Å². The molecular weight excluding hydrogens is 254 g/mol. The summed E-state index contributed by atoms with van der Waals surface area (Å²) < 4.78 is 12.9. The van der Waals surface area contributed by atoms with Crippen LogP contribution in [0.25, 0.3) is 0 Å². The summed E-state index contributed by atoms with van der Waals surface area (Å²) in [6.07, 6.45) is 4.45. The van der Waals surface area contributed by atoms with Crippen LogP contribution >= 0.6 is 0 Å². The second-order valence-electron chi connectivity index (χ2n) is 4.77. The number of nitrogens with zero attached hydrogens (tertiary/aromatic N) is 2. The lowest BCUT2D eigenvalue weighted by atomic mass is 10.1. The zero-order chi connectivity index (χ0) is 14.4. The van der Waals surface area contributed by atoms with Crippen molar-refractivity contribution in [2.45, 2.75) is 25.9 Å². The normalized spacial score (nSPS) is 12.2. The van der Waals surface area contributed by atoms with Gasteiger partial charge in [0.25, 0.3) is 0 Å². The van der Waals surface area contributed by atoms with Crippen molar-refractivity contribution in [1.29, 1.82) is 0 Å². The topological polar surface area (TPSA) is 62.3 Å². The van der Waals surface area contributed by atoms with E-state index in [0.717, 1.165) is 23.5 Å². The maximum Gasteiger partial charge on any atom is 0.126 e. The van der Waals surface area contributed by atoms with Gasteiger partial charge in [-0.25, -0.2) is 0 Å². The summed E-state index contributed by atoms with van der Waals surface area (Å²) in [6.45, 7) is 3.25. The molecule has 0 aliphatic rings. The van der Waals surface area contributed by atoms with Crippen LogP contribution in [0.1, 0.15) is 12.5 Å². The third-order valence-electron chi connectivity index (χ3n) is 2.95. The van der Waals surface area contributed by atoms with E-state index in [-0.39, 0.29) is 6.04 Å². The van der Waals surface area contributed by atoms with E-state index in [1.807, 2.05) is 42.1 Å². The van der Waals surface area contributed by atoms with Gasteiger partial charge in [0, 0.05) is 24.5 Å². The van der Waals surface area contributed by atoms with E-state index in [2.05, 4.69) is 5.10 Å². The molecule has 0 radical (unpaired) electrons. The highest BCUT2D eigenvalue weighted by atomic mass is 16.5. The van der Waals surface area contributed by atoms with Crippen molar-refractivity contribution in [3.8, 4) is 11.5 Å². The lowest BCUT2D eigenvalue weighted by Crippen LogP contribution is -2.18. The summed E-state index contributed by atoms with van der Waals surface area (Å²) in [5, 5.41) is 4.14. The molecule has 0 aliphatic heterocycles. The number of hydrogen-bond donors (Lipinski definition) is 1. The van der Waals surface area contributed by atoms with Crippen LogP contribution in [0, 0.1) is 0 Å². The molecule has 1 aromatic carbocycles. The predicted octanol–water partition coefficient (Wildman–Crippen LogP) is 1.86. The predicted molar refractivity (Wildman–Crippen MR) is 78.1 cm³/mol. The monoisotopic (exact) mass is 275 g/mol. The van der Waals surface area contributed by atoms with E-state index in [9.17, 15) is 0 Å². The molecule has 108 valence electrons. The van der Waals surface area contributed by atoms with Crippen LogP contribution in [-0.2, 0) is 13.0 Å². The van der Waals surface area contributed by atoms with Crippen molar-refractivity contribution < 1.29 is 9.47 Å². The maximum atomic E-state index is 5.87. The fraction of sp³-hybridized carbons (Fsp3) is 0.400. The fourth-order valence-corrected chi connectivity index (χ4v) is 1.99. The van der Waals surface area contributed by atoms with Crippen molar-refractivity contribution in [3.05, 3.63) is 42.2 Å². The summed E-state index contributed by atoms with van der Waals surface area (Å²) in [7, 11) is 1.65. The number of nitrogens with two attached hydrogens (primary N) is 1. The molecule has 0 aliphatic carbocycles. The summed E-state index contributed by atoms with van der Waals surface area (Å²) in [5.74, 6) is 1.61. The van der Waals surface area contributed by atoms with E-state index >= 15 is 0 Å². The largest absolute Gasteiger partial charge is 0.497 e. The van der Waals surface area contributed by atoms with Crippen LogP contribution in [0.15, 0.2) is 36.7 Å². The van der Waals surface area contributed by atoms with Crippen molar-refractivity contribution in [2.75, 3.05) is 13.7 Å². The molecule has 1 unspecified atom stereocenters. The van der Waals surface area contributed by atoms with Gasteiger partial charge in [0.1, 0.15) is 18.1 Å². The molecule has 0 fully saturated rings. The number of ether oxygens (including phenoxy) is 2. The van der Waals surface area contributed by atoms with Crippen LogP contribution in [0.4, 0.5) is 0 Å². The van der Waals surface area contributed by atoms with Crippen LogP contribution in [0.3, 0.4) is 0 Å². The molecule has 2 aromatic rings. The molecule has 5 heteroatoms. The zero-order valence-corrected chi connectivity index (χ0v) is 12.0. The first-order valence-corrected chi connectivity index (χ1v) is 6.71.